The van der Waals surface area contributed by atoms with Crippen LogP contribution in [-0.2, 0) is 11.0 Å². The number of carbonyl (C=O) groups excluding carboxylic acids is 1. The molecule has 0 unspecified atom stereocenters. The summed E-state index contributed by atoms with van der Waals surface area (Å²) in [6, 6.07) is 7.51. The largest absolute Gasteiger partial charge is 0.496 e. The van der Waals surface area contributed by atoms with Crippen molar-refractivity contribution in [1.82, 2.24) is 9.97 Å². The van der Waals surface area contributed by atoms with Gasteiger partial charge in [-0.15, -0.1) is 0 Å². The highest BCUT2D eigenvalue weighted by atomic mass is 32.2. The maximum atomic E-state index is 13.2. The maximum absolute atomic E-state index is 13.2. The van der Waals surface area contributed by atoms with E-state index in [2.05, 4.69) is 15.3 Å². The van der Waals surface area contributed by atoms with E-state index in [0.717, 1.165) is 12.1 Å². The molecule has 0 fully saturated rings. The Balaban J connectivity index is 1.77. The van der Waals surface area contributed by atoms with E-state index in [4.69, 9.17) is 9.15 Å². The highest BCUT2D eigenvalue weighted by Gasteiger charge is 2.34. The summed E-state index contributed by atoms with van der Waals surface area (Å²) < 4.78 is 49.5. The topological polar surface area (TPSA) is 120 Å². The lowest BCUT2D eigenvalue weighted by Gasteiger charge is -2.10. The van der Waals surface area contributed by atoms with E-state index in [-0.39, 0.29) is 33.8 Å². The van der Waals surface area contributed by atoms with E-state index >= 15 is 0 Å². The van der Waals surface area contributed by atoms with Crippen LogP contribution in [0.4, 0.5) is 24.5 Å². The van der Waals surface area contributed by atoms with Gasteiger partial charge in [-0.25, -0.2) is 9.97 Å². The number of rotatable bonds is 7. The van der Waals surface area contributed by atoms with Gasteiger partial charge in [-0.2, -0.15) is 13.2 Å². The number of furan rings is 1. The van der Waals surface area contributed by atoms with Crippen molar-refractivity contribution in [2.24, 2.45) is 0 Å². The third-order valence-corrected chi connectivity index (χ3v) is 4.63. The van der Waals surface area contributed by atoms with Crippen LogP contribution in [0, 0.1) is 10.1 Å². The fraction of sp³-hybridized carbons (Fsp3) is 0.167. The molecule has 3 rings (SSSR count). The Bertz CT molecular complexity index is 1110. The summed E-state index contributed by atoms with van der Waals surface area (Å²) in [5.41, 5.74) is -1.77. The zero-order valence-corrected chi connectivity index (χ0v) is 16.5. The number of alkyl halides is 3. The van der Waals surface area contributed by atoms with Crippen molar-refractivity contribution in [1.29, 1.82) is 0 Å². The highest BCUT2D eigenvalue weighted by Crippen LogP contribution is 2.32. The van der Waals surface area contributed by atoms with Gasteiger partial charge in [0.2, 0.25) is 5.91 Å². The van der Waals surface area contributed by atoms with E-state index in [9.17, 15) is 28.1 Å². The molecule has 1 amide bonds. The van der Waals surface area contributed by atoms with Crippen molar-refractivity contribution in [3.63, 3.8) is 0 Å². The molecule has 9 nitrogen and oxygen atoms in total. The van der Waals surface area contributed by atoms with E-state index < -0.39 is 28.4 Å². The number of nitrogens with zero attached hydrogens (tertiary/aromatic N) is 3. The van der Waals surface area contributed by atoms with Crippen molar-refractivity contribution in [2.75, 3.05) is 18.2 Å². The molecule has 2 heterocycles. The Hall–Kier alpha value is -3.61. The van der Waals surface area contributed by atoms with Crippen molar-refractivity contribution < 1.29 is 32.0 Å². The molecule has 0 radical (unpaired) electrons. The van der Waals surface area contributed by atoms with E-state index in [1.165, 1.54) is 37.6 Å². The number of nitro benzene ring substituents is 1. The first-order chi connectivity index (χ1) is 14.7. The molecule has 0 saturated carbocycles. The zero-order valence-electron chi connectivity index (χ0n) is 15.7. The van der Waals surface area contributed by atoms with Crippen molar-refractivity contribution in [2.45, 2.75) is 11.3 Å². The zero-order chi connectivity index (χ0) is 22.6. The Kier molecular flexibility index (Phi) is 6.44. The number of halogens is 3. The first kappa shape index (κ1) is 22.1. The summed E-state index contributed by atoms with van der Waals surface area (Å²) in [4.78, 5) is 30.2. The SMILES string of the molecule is COc1ccc(NC(=O)CSc2nc(-c3ccco3)cc(C(F)(F)F)n2)c([N+](=O)[O-])c1. The highest BCUT2D eigenvalue weighted by molar-refractivity contribution is 7.99. The smallest absolute Gasteiger partial charge is 0.433 e. The quantitative estimate of drug-likeness (QED) is 0.241. The number of amides is 1. The van der Waals surface area contributed by atoms with E-state index in [0.29, 0.717) is 11.8 Å². The molecule has 0 aliphatic carbocycles. The lowest BCUT2D eigenvalue weighted by molar-refractivity contribution is -0.384. The minimum Gasteiger partial charge on any atom is -0.496 e. The Morgan fingerprint density at radius 1 is 1.29 bits per heavy atom. The predicted molar refractivity (Wildman–Crippen MR) is 104 cm³/mol. The molecule has 13 heteroatoms. The molecule has 0 spiro atoms. The number of methoxy groups -OCH3 is 1. The van der Waals surface area contributed by atoms with Gasteiger partial charge < -0.3 is 14.5 Å². The summed E-state index contributed by atoms with van der Waals surface area (Å²) in [7, 11) is 1.33. The van der Waals surface area contributed by atoms with Crippen molar-refractivity contribution in [3.05, 3.63) is 58.5 Å². The number of hydrogen-bond acceptors (Lipinski definition) is 8. The van der Waals surface area contributed by atoms with Crippen LogP contribution in [0.5, 0.6) is 5.75 Å². The van der Waals surface area contributed by atoms with Gasteiger partial charge in [0, 0.05) is 0 Å². The maximum Gasteiger partial charge on any atom is 0.433 e. The molecule has 0 bridgehead atoms. The van der Waals surface area contributed by atoms with Crippen molar-refractivity contribution >= 4 is 29.0 Å². The summed E-state index contributed by atoms with van der Waals surface area (Å²) in [5.74, 6) is -0.754. The van der Waals surface area contributed by atoms with E-state index in [1.807, 2.05) is 0 Å². The average molecular weight is 454 g/mol. The normalized spacial score (nSPS) is 11.2. The molecular weight excluding hydrogens is 441 g/mol. The third kappa shape index (κ3) is 5.51. The lowest BCUT2D eigenvalue weighted by atomic mass is 10.2. The molecule has 1 N–H and O–H groups in total. The number of hydrogen-bond donors (Lipinski definition) is 1. The van der Waals surface area contributed by atoms with Gasteiger partial charge in [0.25, 0.3) is 5.69 Å². The number of nitrogens with one attached hydrogen (secondary N) is 1. The second kappa shape index (κ2) is 9.04. The van der Waals surface area contributed by atoms with Crippen LogP contribution in [0.2, 0.25) is 0 Å². The molecule has 0 saturated heterocycles. The number of thioether (sulfide) groups is 1. The third-order valence-electron chi connectivity index (χ3n) is 3.78. The predicted octanol–water partition coefficient (Wildman–Crippen LogP) is 4.40. The number of nitro groups is 1. The fourth-order valence-corrected chi connectivity index (χ4v) is 3.06. The van der Waals surface area contributed by atoms with Crippen LogP contribution in [0.1, 0.15) is 5.69 Å². The fourth-order valence-electron chi connectivity index (χ4n) is 2.40. The van der Waals surface area contributed by atoms with Crippen LogP contribution in [-0.4, -0.2) is 33.7 Å². The summed E-state index contributed by atoms with van der Waals surface area (Å²) in [5, 5.41) is 13.2. The summed E-state index contributed by atoms with van der Waals surface area (Å²) in [6.45, 7) is 0. The molecule has 0 aliphatic heterocycles. The first-order valence-electron chi connectivity index (χ1n) is 8.42. The Labute approximate surface area is 176 Å². The second-order valence-electron chi connectivity index (χ2n) is 5.87. The average Bonchev–Trinajstić information content (AvgIpc) is 3.26. The van der Waals surface area contributed by atoms with Crippen molar-refractivity contribution in [3.8, 4) is 17.2 Å². The molecule has 31 heavy (non-hydrogen) atoms. The van der Waals surface area contributed by atoms with Gasteiger partial charge in [0.1, 0.15) is 22.8 Å². The molecule has 3 aromatic rings. The van der Waals surface area contributed by atoms with Crippen LogP contribution in [0.15, 0.2) is 52.2 Å². The molecular formula is C18H13F3N4O5S. The molecule has 2 aromatic heterocycles. The van der Waals surface area contributed by atoms with Gasteiger partial charge in [-0.3, -0.25) is 14.9 Å². The summed E-state index contributed by atoms with van der Waals surface area (Å²) >= 11 is 0.641. The standard InChI is InChI=1S/C18H13F3N4O5S/c1-29-10-4-5-11(13(7-10)25(27)28)22-16(26)9-31-17-23-12(14-3-2-6-30-14)8-15(24-17)18(19,20)21/h2-8H,9H2,1H3,(H,22,26). The second-order valence-corrected chi connectivity index (χ2v) is 6.82. The van der Waals surface area contributed by atoms with Gasteiger partial charge in [0.15, 0.2) is 10.9 Å². The van der Waals surface area contributed by atoms with Crippen LogP contribution >= 0.6 is 11.8 Å². The van der Waals surface area contributed by atoms with Gasteiger partial charge >= 0.3 is 6.18 Å². The number of carbonyl (C=O) groups is 1. The Morgan fingerprint density at radius 2 is 2.06 bits per heavy atom. The molecule has 162 valence electrons. The first-order valence-corrected chi connectivity index (χ1v) is 9.41. The Morgan fingerprint density at radius 3 is 2.68 bits per heavy atom. The molecule has 0 atom stereocenters. The van der Waals surface area contributed by atoms with Gasteiger partial charge in [-0.1, -0.05) is 11.8 Å². The number of ether oxygens (including phenoxy) is 1. The number of benzene rings is 1. The minimum atomic E-state index is -4.73. The van der Waals surface area contributed by atoms with Gasteiger partial charge in [0.05, 0.1) is 30.1 Å². The van der Waals surface area contributed by atoms with Crippen LogP contribution in [0.25, 0.3) is 11.5 Å². The van der Waals surface area contributed by atoms with E-state index in [1.54, 1.807) is 0 Å². The van der Waals surface area contributed by atoms with Crippen LogP contribution < -0.4 is 10.1 Å². The number of aromatic nitrogens is 2. The monoisotopic (exact) mass is 454 g/mol. The summed E-state index contributed by atoms with van der Waals surface area (Å²) in [6.07, 6.45) is -3.45. The van der Waals surface area contributed by atoms with Crippen LogP contribution in [0.3, 0.4) is 0 Å². The number of anilines is 1. The molecule has 0 aliphatic rings. The van der Waals surface area contributed by atoms with Gasteiger partial charge in [-0.05, 0) is 30.3 Å². The minimum absolute atomic E-state index is 0.0855. The lowest BCUT2D eigenvalue weighted by Crippen LogP contribution is -2.16. The molecule has 1 aromatic carbocycles.